The Labute approximate surface area is 387 Å². The Hall–Kier alpha value is -1.59. The zero-order chi connectivity index (χ0) is 45.2. The van der Waals surface area contributed by atoms with E-state index in [1.165, 1.54) is 212 Å². The third kappa shape index (κ3) is 47.9. The molecule has 1 unspecified atom stereocenters. The van der Waals surface area contributed by atoms with Gasteiger partial charge in [-0.1, -0.05) is 278 Å². The summed E-state index contributed by atoms with van der Waals surface area (Å²) < 4.78 is 16.8. The van der Waals surface area contributed by atoms with Crippen LogP contribution in [-0.4, -0.2) is 37.2 Å². The van der Waals surface area contributed by atoms with Gasteiger partial charge in [0.15, 0.2) is 6.10 Å². The number of carbonyl (C=O) groups excluding carboxylic acids is 3. The number of ether oxygens (including phenoxy) is 3. The van der Waals surface area contributed by atoms with Crippen molar-refractivity contribution in [3.05, 3.63) is 0 Å². The predicted molar refractivity (Wildman–Crippen MR) is 266 cm³/mol. The Kier molecular flexibility index (Phi) is 49.1. The highest BCUT2D eigenvalue weighted by atomic mass is 16.6. The summed E-state index contributed by atoms with van der Waals surface area (Å²) in [4.78, 5) is 38.0. The number of hydrogen-bond donors (Lipinski definition) is 0. The van der Waals surface area contributed by atoms with Gasteiger partial charge in [0, 0.05) is 19.3 Å². The van der Waals surface area contributed by atoms with Gasteiger partial charge in [0.25, 0.3) is 0 Å². The maximum absolute atomic E-state index is 12.8. The van der Waals surface area contributed by atoms with Gasteiger partial charge < -0.3 is 14.2 Å². The molecule has 0 aliphatic carbocycles. The molecule has 6 nitrogen and oxygen atoms in total. The molecule has 368 valence electrons. The fraction of sp³-hybridized carbons (Fsp3) is 0.946. The number of carbonyl (C=O) groups is 3. The molecule has 0 aromatic carbocycles. The van der Waals surface area contributed by atoms with Gasteiger partial charge in [0.2, 0.25) is 0 Å². The van der Waals surface area contributed by atoms with E-state index in [0.717, 1.165) is 63.7 Å². The second kappa shape index (κ2) is 50.4. The lowest BCUT2D eigenvalue weighted by atomic mass is 9.99. The van der Waals surface area contributed by atoms with Gasteiger partial charge in [-0.2, -0.15) is 0 Å². The maximum Gasteiger partial charge on any atom is 0.306 e. The van der Waals surface area contributed by atoms with Crippen molar-refractivity contribution < 1.29 is 28.6 Å². The minimum Gasteiger partial charge on any atom is -0.462 e. The summed E-state index contributed by atoms with van der Waals surface area (Å²) in [5.74, 6) is 0.0544. The lowest BCUT2D eigenvalue weighted by Gasteiger charge is -2.18. The van der Waals surface area contributed by atoms with Gasteiger partial charge in [0.1, 0.15) is 13.2 Å². The molecule has 6 heteroatoms. The van der Waals surface area contributed by atoms with Crippen molar-refractivity contribution in [2.24, 2.45) is 5.92 Å². The zero-order valence-corrected chi connectivity index (χ0v) is 42.3. The highest BCUT2D eigenvalue weighted by molar-refractivity contribution is 5.71. The van der Waals surface area contributed by atoms with Crippen LogP contribution in [0.3, 0.4) is 0 Å². The molecular weight excluding hydrogens is 769 g/mol. The molecule has 0 saturated heterocycles. The number of hydrogen-bond acceptors (Lipinski definition) is 6. The van der Waals surface area contributed by atoms with Crippen LogP contribution in [0.4, 0.5) is 0 Å². The van der Waals surface area contributed by atoms with Crippen molar-refractivity contribution in [3.63, 3.8) is 0 Å². The van der Waals surface area contributed by atoms with Crippen LogP contribution in [0.5, 0.6) is 0 Å². The van der Waals surface area contributed by atoms with Crippen LogP contribution in [0.2, 0.25) is 0 Å². The molecule has 0 aromatic rings. The number of rotatable bonds is 51. The van der Waals surface area contributed by atoms with Crippen molar-refractivity contribution in [1.82, 2.24) is 0 Å². The highest BCUT2D eigenvalue weighted by Crippen LogP contribution is 2.18. The van der Waals surface area contributed by atoms with Crippen LogP contribution in [0.25, 0.3) is 0 Å². The Morgan fingerprint density at radius 2 is 0.565 bits per heavy atom. The van der Waals surface area contributed by atoms with Crippen LogP contribution in [0.1, 0.15) is 317 Å². The quantitative estimate of drug-likeness (QED) is 0.0344. The fourth-order valence-corrected chi connectivity index (χ4v) is 8.54. The van der Waals surface area contributed by atoms with Crippen LogP contribution >= 0.6 is 0 Å². The fourth-order valence-electron chi connectivity index (χ4n) is 8.54. The van der Waals surface area contributed by atoms with Crippen LogP contribution in [-0.2, 0) is 28.6 Å². The van der Waals surface area contributed by atoms with Gasteiger partial charge in [0.05, 0.1) is 0 Å². The van der Waals surface area contributed by atoms with Crippen molar-refractivity contribution >= 4 is 17.9 Å². The summed E-state index contributed by atoms with van der Waals surface area (Å²) in [6.07, 6.45) is 53.7. The average molecular weight is 877 g/mol. The largest absolute Gasteiger partial charge is 0.462 e. The molecule has 0 spiro atoms. The van der Waals surface area contributed by atoms with E-state index in [-0.39, 0.29) is 31.1 Å². The molecule has 0 bridgehead atoms. The highest BCUT2D eigenvalue weighted by Gasteiger charge is 2.19. The Morgan fingerprint density at radius 3 is 0.839 bits per heavy atom. The molecule has 0 aliphatic heterocycles. The van der Waals surface area contributed by atoms with Gasteiger partial charge in [-0.25, -0.2) is 0 Å². The van der Waals surface area contributed by atoms with E-state index in [4.69, 9.17) is 14.2 Å². The average Bonchev–Trinajstić information content (AvgIpc) is 3.27. The van der Waals surface area contributed by atoms with E-state index in [1.54, 1.807) is 0 Å². The summed E-state index contributed by atoms with van der Waals surface area (Å²) >= 11 is 0. The van der Waals surface area contributed by atoms with Crippen LogP contribution in [0.15, 0.2) is 0 Å². The molecule has 2 atom stereocenters. The number of unbranched alkanes of at least 4 members (excludes halogenated alkanes) is 37. The second-order valence-electron chi connectivity index (χ2n) is 19.5. The van der Waals surface area contributed by atoms with E-state index in [1.807, 2.05) is 0 Å². The van der Waals surface area contributed by atoms with Crippen molar-refractivity contribution in [2.45, 2.75) is 323 Å². The van der Waals surface area contributed by atoms with E-state index >= 15 is 0 Å². The second-order valence-corrected chi connectivity index (χ2v) is 19.5. The van der Waals surface area contributed by atoms with Crippen molar-refractivity contribution in [1.29, 1.82) is 0 Å². The van der Waals surface area contributed by atoms with E-state index in [0.29, 0.717) is 19.3 Å². The molecule has 0 saturated carbocycles. The first-order valence-corrected chi connectivity index (χ1v) is 27.9. The first-order valence-electron chi connectivity index (χ1n) is 27.9. The monoisotopic (exact) mass is 877 g/mol. The molecular formula is C56H108O6. The lowest BCUT2D eigenvalue weighted by molar-refractivity contribution is -0.167. The van der Waals surface area contributed by atoms with E-state index in [9.17, 15) is 14.4 Å². The van der Waals surface area contributed by atoms with Crippen molar-refractivity contribution in [2.75, 3.05) is 13.2 Å². The molecule has 0 aliphatic rings. The number of esters is 3. The third-order valence-corrected chi connectivity index (χ3v) is 13.2. The normalized spacial score (nSPS) is 12.4. The Bertz CT molecular complexity index is 935. The maximum atomic E-state index is 12.8. The third-order valence-electron chi connectivity index (χ3n) is 13.2. The van der Waals surface area contributed by atoms with Crippen LogP contribution < -0.4 is 0 Å². The summed E-state index contributed by atoms with van der Waals surface area (Å²) in [7, 11) is 0. The summed E-state index contributed by atoms with van der Waals surface area (Å²) in [5.41, 5.74) is 0. The van der Waals surface area contributed by atoms with E-state index in [2.05, 4.69) is 27.7 Å². The topological polar surface area (TPSA) is 78.9 Å². The van der Waals surface area contributed by atoms with E-state index < -0.39 is 6.10 Å². The molecule has 0 aromatic heterocycles. The Morgan fingerprint density at radius 1 is 0.323 bits per heavy atom. The molecule has 0 N–H and O–H groups in total. The molecule has 0 amide bonds. The molecule has 0 fully saturated rings. The Balaban J connectivity index is 4.23. The molecule has 0 rings (SSSR count). The van der Waals surface area contributed by atoms with Gasteiger partial charge in [-0.3, -0.25) is 14.4 Å². The van der Waals surface area contributed by atoms with Gasteiger partial charge in [-0.05, 0) is 25.2 Å². The SMILES string of the molecule is CCCCCCCCCCCCCCCCCCCC(=O)O[C@@H](COC(=O)CCCCCCCCCCC)COC(=O)CCCCCCCCCCCCCCCCC(C)CC. The summed E-state index contributed by atoms with van der Waals surface area (Å²) in [5, 5.41) is 0. The summed E-state index contributed by atoms with van der Waals surface area (Å²) in [6.45, 7) is 9.07. The smallest absolute Gasteiger partial charge is 0.306 e. The van der Waals surface area contributed by atoms with Gasteiger partial charge in [-0.15, -0.1) is 0 Å². The zero-order valence-electron chi connectivity index (χ0n) is 42.3. The first kappa shape index (κ1) is 60.4. The molecule has 62 heavy (non-hydrogen) atoms. The standard InChI is InChI=1S/C56H108O6/c1-5-8-10-12-14-16-17-18-19-20-21-26-29-33-37-41-45-49-56(59)62-53(50-60-54(57)47-43-39-35-30-15-13-11-9-6-2)51-61-55(58)48-44-40-36-32-28-25-23-22-24-27-31-34-38-42-46-52(4)7-3/h52-53H,5-51H2,1-4H3/t52?,53-/m0/s1. The molecule has 0 radical (unpaired) electrons. The van der Waals surface area contributed by atoms with Gasteiger partial charge >= 0.3 is 17.9 Å². The first-order chi connectivity index (χ1) is 30.4. The minimum absolute atomic E-state index is 0.0623. The lowest BCUT2D eigenvalue weighted by Crippen LogP contribution is -2.30. The predicted octanol–water partition coefficient (Wildman–Crippen LogP) is 18.2. The summed E-state index contributed by atoms with van der Waals surface area (Å²) in [6, 6.07) is 0. The minimum atomic E-state index is -0.760. The van der Waals surface area contributed by atoms with Crippen LogP contribution in [0, 0.1) is 5.92 Å². The molecule has 0 heterocycles. The van der Waals surface area contributed by atoms with Crippen molar-refractivity contribution in [3.8, 4) is 0 Å².